The molecule has 0 N–H and O–H groups in total. The number of imide groups is 1. The average molecular weight is 362 g/mol. The summed E-state index contributed by atoms with van der Waals surface area (Å²) in [6.45, 7) is 2.01. The van der Waals surface area contributed by atoms with Crippen molar-refractivity contribution in [3.8, 4) is 0 Å². The number of carbonyl (C=O) groups excluding carboxylic acids is 3. The van der Waals surface area contributed by atoms with Crippen LogP contribution in [-0.4, -0.2) is 38.7 Å². The fraction of sp³-hybridized carbons (Fsp3) is 0.333. The molecule has 0 radical (unpaired) electrons. The lowest BCUT2D eigenvalue weighted by Gasteiger charge is -2.10. The van der Waals surface area contributed by atoms with Crippen molar-refractivity contribution in [2.45, 2.75) is 26.3 Å². The zero-order valence-corrected chi connectivity index (χ0v) is 14.1. The highest BCUT2D eigenvalue weighted by atomic mass is 32.1. The number of rotatable bonds is 4. The molecule has 130 valence electrons. The van der Waals surface area contributed by atoms with Crippen LogP contribution < -0.4 is 4.80 Å². The van der Waals surface area contributed by atoms with Crippen molar-refractivity contribution in [1.82, 2.24) is 9.47 Å². The van der Waals surface area contributed by atoms with Gasteiger partial charge in [0.25, 0.3) is 11.6 Å². The van der Waals surface area contributed by atoms with Crippen LogP contribution in [0.4, 0.5) is 5.69 Å². The smallest absolute Gasteiger partial charge is 0.270 e. The fourth-order valence-corrected chi connectivity index (χ4v) is 3.79. The second-order valence-corrected chi connectivity index (χ2v) is 6.43. The van der Waals surface area contributed by atoms with Crippen LogP contribution in [0.2, 0.25) is 0 Å². The molecule has 0 bridgehead atoms. The summed E-state index contributed by atoms with van der Waals surface area (Å²) >= 11 is 1.15. The van der Waals surface area contributed by atoms with Gasteiger partial charge in [0.15, 0.2) is 4.80 Å². The van der Waals surface area contributed by atoms with Gasteiger partial charge in [-0.15, -0.1) is 0 Å². The predicted octanol–water partition coefficient (Wildman–Crippen LogP) is 1.21. The molecule has 0 spiro atoms. The largest absolute Gasteiger partial charge is 0.317 e. The van der Waals surface area contributed by atoms with Crippen LogP contribution >= 0.6 is 11.3 Å². The molecule has 0 unspecified atom stereocenters. The number of thiazole rings is 1. The van der Waals surface area contributed by atoms with Crippen LogP contribution in [0.5, 0.6) is 0 Å². The first-order valence-corrected chi connectivity index (χ1v) is 8.41. The molecule has 2 aromatic rings. The van der Waals surface area contributed by atoms with Crippen LogP contribution in [0, 0.1) is 10.1 Å². The van der Waals surface area contributed by atoms with E-state index in [4.69, 9.17) is 0 Å². The molecular weight excluding hydrogens is 348 g/mol. The third kappa shape index (κ3) is 3.20. The van der Waals surface area contributed by atoms with E-state index in [9.17, 15) is 24.5 Å². The second-order valence-electron chi connectivity index (χ2n) is 5.42. The zero-order valence-electron chi connectivity index (χ0n) is 13.3. The molecule has 0 saturated carbocycles. The summed E-state index contributed by atoms with van der Waals surface area (Å²) in [6, 6.07) is 4.45. The van der Waals surface area contributed by atoms with Crippen molar-refractivity contribution >= 4 is 45.0 Å². The predicted molar refractivity (Wildman–Crippen MR) is 88.7 cm³/mol. The molecular formula is C15H14N4O5S. The van der Waals surface area contributed by atoms with E-state index in [2.05, 4.69) is 4.99 Å². The summed E-state index contributed by atoms with van der Waals surface area (Å²) in [5.74, 6) is -1.35. The molecule has 2 heterocycles. The quantitative estimate of drug-likeness (QED) is 0.460. The molecule has 0 aliphatic carbocycles. The van der Waals surface area contributed by atoms with Crippen LogP contribution in [0.1, 0.15) is 19.8 Å². The van der Waals surface area contributed by atoms with E-state index >= 15 is 0 Å². The molecule has 1 aliphatic rings. The summed E-state index contributed by atoms with van der Waals surface area (Å²) in [6.07, 6.45) is 0.237. The summed E-state index contributed by atoms with van der Waals surface area (Å²) in [5, 5.41) is 10.9. The molecule has 3 rings (SSSR count). The first-order chi connectivity index (χ1) is 11.9. The van der Waals surface area contributed by atoms with Crippen molar-refractivity contribution < 1.29 is 19.3 Å². The number of fused-ring (bicyclic) bond motifs is 1. The first kappa shape index (κ1) is 17.0. The van der Waals surface area contributed by atoms with E-state index in [0.29, 0.717) is 16.0 Å². The van der Waals surface area contributed by atoms with Gasteiger partial charge in [0.1, 0.15) is 6.54 Å². The van der Waals surface area contributed by atoms with Gasteiger partial charge >= 0.3 is 0 Å². The number of hydrogen-bond donors (Lipinski definition) is 0. The number of non-ortho nitro benzene ring substituents is 1. The topological polar surface area (TPSA) is 115 Å². The molecule has 1 aliphatic heterocycles. The first-order valence-electron chi connectivity index (χ1n) is 7.59. The molecule has 1 saturated heterocycles. The summed E-state index contributed by atoms with van der Waals surface area (Å²) in [4.78, 5) is 51.0. The van der Waals surface area contributed by atoms with E-state index < -0.39 is 10.8 Å². The number of likely N-dealkylation sites (tertiary alicyclic amines) is 1. The van der Waals surface area contributed by atoms with Gasteiger partial charge < -0.3 is 4.57 Å². The van der Waals surface area contributed by atoms with E-state index in [-0.39, 0.29) is 36.9 Å². The molecule has 9 nitrogen and oxygen atoms in total. The summed E-state index contributed by atoms with van der Waals surface area (Å²) < 4.78 is 2.39. The number of hydrogen-bond acceptors (Lipinski definition) is 6. The van der Waals surface area contributed by atoms with E-state index in [1.807, 2.05) is 6.92 Å². The Morgan fingerprint density at radius 3 is 2.60 bits per heavy atom. The van der Waals surface area contributed by atoms with Gasteiger partial charge in [0.05, 0.1) is 15.1 Å². The third-order valence-electron chi connectivity index (χ3n) is 3.86. The van der Waals surface area contributed by atoms with E-state index in [0.717, 1.165) is 21.8 Å². The number of nitro groups is 1. The van der Waals surface area contributed by atoms with Gasteiger partial charge in [-0.05, 0) is 13.0 Å². The van der Waals surface area contributed by atoms with Crippen molar-refractivity contribution in [1.29, 1.82) is 0 Å². The number of amides is 3. The van der Waals surface area contributed by atoms with Crippen LogP contribution in [0.3, 0.4) is 0 Å². The van der Waals surface area contributed by atoms with Gasteiger partial charge in [0.2, 0.25) is 11.8 Å². The Morgan fingerprint density at radius 2 is 2.00 bits per heavy atom. The summed E-state index contributed by atoms with van der Waals surface area (Å²) in [5.41, 5.74) is 0.695. The van der Waals surface area contributed by atoms with Crippen molar-refractivity contribution in [2.75, 3.05) is 6.54 Å². The van der Waals surface area contributed by atoms with Crippen molar-refractivity contribution in [3.05, 3.63) is 33.1 Å². The average Bonchev–Trinajstić information content (AvgIpc) is 3.07. The maximum Gasteiger partial charge on any atom is 0.270 e. The Hall–Kier alpha value is -2.88. The second kappa shape index (κ2) is 6.55. The van der Waals surface area contributed by atoms with Gasteiger partial charge in [-0.2, -0.15) is 4.99 Å². The molecule has 1 aromatic carbocycles. The minimum absolute atomic E-state index is 0.0388. The molecule has 1 aromatic heterocycles. The Bertz CT molecular complexity index is 958. The highest BCUT2D eigenvalue weighted by Gasteiger charge is 2.30. The lowest BCUT2D eigenvalue weighted by molar-refractivity contribution is -0.384. The Morgan fingerprint density at radius 1 is 1.32 bits per heavy atom. The Labute approximate surface area is 145 Å². The number of aromatic nitrogens is 1. The van der Waals surface area contributed by atoms with Crippen molar-refractivity contribution in [3.63, 3.8) is 0 Å². The summed E-state index contributed by atoms with van der Waals surface area (Å²) in [7, 11) is 0. The number of nitrogens with zero attached hydrogens (tertiary/aromatic N) is 4. The van der Waals surface area contributed by atoms with Gasteiger partial charge in [-0.1, -0.05) is 11.3 Å². The number of aryl methyl sites for hydroxylation is 1. The normalized spacial score (nSPS) is 15.4. The third-order valence-corrected chi connectivity index (χ3v) is 4.90. The lowest BCUT2D eigenvalue weighted by Crippen LogP contribution is -2.34. The van der Waals surface area contributed by atoms with Gasteiger partial charge in [0, 0.05) is 31.5 Å². The number of benzene rings is 1. The van der Waals surface area contributed by atoms with E-state index in [1.165, 1.54) is 12.1 Å². The van der Waals surface area contributed by atoms with Crippen LogP contribution in [0.25, 0.3) is 10.2 Å². The monoisotopic (exact) mass is 362 g/mol. The molecule has 25 heavy (non-hydrogen) atoms. The maximum atomic E-state index is 12.2. The minimum atomic E-state index is -0.605. The van der Waals surface area contributed by atoms with E-state index in [1.54, 1.807) is 10.6 Å². The maximum absolute atomic E-state index is 12.2. The molecule has 10 heteroatoms. The Balaban J connectivity index is 1.97. The standard InChI is InChI=1S/C15H14N4O5S/c1-2-17-10-4-3-9(19(23)24)7-11(10)25-15(17)16-12(20)8-18-13(21)5-6-14(18)22/h3-4,7H,2,5-6,8H2,1H3. The Kier molecular flexibility index (Phi) is 4.45. The molecule has 0 atom stereocenters. The highest BCUT2D eigenvalue weighted by Crippen LogP contribution is 2.23. The zero-order chi connectivity index (χ0) is 18.1. The molecule has 1 fully saturated rings. The lowest BCUT2D eigenvalue weighted by atomic mass is 10.3. The minimum Gasteiger partial charge on any atom is -0.317 e. The van der Waals surface area contributed by atoms with Gasteiger partial charge in [-0.3, -0.25) is 29.4 Å². The van der Waals surface area contributed by atoms with Crippen molar-refractivity contribution in [2.24, 2.45) is 4.99 Å². The number of nitro benzene ring substituents is 1. The fourth-order valence-electron chi connectivity index (χ4n) is 2.64. The highest BCUT2D eigenvalue weighted by molar-refractivity contribution is 7.16. The molecule has 3 amide bonds. The van der Waals surface area contributed by atoms with Gasteiger partial charge in [-0.25, -0.2) is 0 Å². The van der Waals surface area contributed by atoms with Crippen LogP contribution in [-0.2, 0) is 20.9 Å². The number of carbonyl (C=O) groups is 3. The SMILES string of the molecule is CCn1c(=NC(=O)CN2C(=O)CCC2=O)sc2cc([N+](=O)[O-])ccc21. The van der Waals surface area contributed by atoms with Crippen LogP contribution in [0.15, 0.2) is 23.2 Å².